The van der Waals surface area contributed by atoms with Gasteiger partial charge in [0.2, 0.25) is 10.0 Å². The molecule has 0 aromatic heterocycles. The van der Waals surface area contributed by atoms with Crippen molar-refractivity contribution in [2.24, 2.45) is 0 Å². The average molecular weight is 508 g/mol. The van der Waals surface area contributed by atoms with Gasteiger partial charge in [0.1, 0.15) is 5.75 Å². The molecule has 2 aromatic carbocycles. The molecule has 0 radical (unpaired) electrons. The molecule has 0 spiro atoms. The Bertz CT molecular complexity index is 1070. The van der Waals surface area contributed by atoms with Gasteiger partial charge in [-0.2, -0.15) is 13.2 Å². The van der Waals surface area contributed by atoms with Crippen molar-refractivity contribution in [1.82, 2.24) is 4.72 Å². The van der Waals surface area contributed by atoms with E-state index < -0.39 is 38.7 Å². The van der Waals surface area contributed by atoms with E-state index in [0.29, 0.717) is 12.2 Å². The molecule has 0 amide bonds. The van der Waals surface area contributed by atoms with Crippen molar-refractivity contribution in [3.8, 4) is 5.75 Å². The van der Waals surface area contributed by atoms with Gasteiger partial charge in [-0.15, -0.1) is 0 Å². The third kappa shape index (κ3) is 5.13. The lowest BCUT2D eigenvalue weighted by molar-refractivity contribution is -0.143. The van der Waals surface area contributed by atoms with E-state index in [1.807, 2.05) is 0 Å². The van der Waals surface area contributed by atoms with Crippen LogP contribution in [0.5, 0.6) is 5.75 Å². The highest BCUT2D eigenvalue weighted by Gasteiger charge is 2.38. The van der Waals surface area contributed by atoms with Crippen LogP contribution in [0, 0.1) is 0 Å². The third-order valence-corrected chi connectivity index (χ3v) is 6.62. The van der Waals surface area contributed by atoms with Crippen molar-refractivity contribution in [3.63, 3.8) is 0 Å². The smallest absolute Gasteiger partial charge is 0.417 e. The summed E-state index contributed by atoms with van der Waals surface area (Å²) in [5.74, 6) is -0.133. The van der Waals surface area contributed by atoms with E-state index in [1.165, 1.54) is 13.2 Å². The van der Waals surface area contributed by atoms with Crippen molar-refractivity contribution >= 4 is 31.9 Å². The van der Waals surface area contributed by atoms with Gasteiger partial charge < -0.3 is 9.47 Å². The molecule has 1 atom stereocenters. The summed E-state index contributed by atoms with van der Waals surface area (Å²) in [4.78, 5) is 10.4. The average Bonchev–Trinajstić information content (AvgIpc) is 3.05. The molecule has 162 valence electrons. The number of sulfonamides is 1. The third-order valence-electron chi connectivity index (χ3n) is 4.55. The van der Waals surface area contributed by atoms with Gasteiger partial charge in [-0.05, 0) is 54.3 Å². The summed E-state index contributed by atoms with van der Waals surface area (Å²) in [5.41, 5.74) is 0.398. The van der Waals surface area contributed by atoms with Gasteiger partial charge >= 0.3 is 12.1 Å². The van der Waals surface area contributed by atoms with E-state index in [1.54, 1.807) is 18.2 Å². The summed E-state index contributed by atoms with van der Waals surface area (Å²) >= 11 is 2.94. The molecular formula is C19H17BrF3NO5S. The molecule has 30 heavy (non-hydrogen) atoms. The number of halogens is 4. The predicted molar refractivity (Wildman–Crippen MR) is 105 cm³/mol. The molecule has 0 aliphatic heterocycles. The van der Waals surface area contributed by atoms with Crippen LogP contribution >= 0.6 is 15.9 Å². The maximum atomic E-state index is 13.3. The van der Waals surface area contributed by atoms with E-state index in [0.717, 1.165) is 23.3 Å². The van der Waals surface area contributed by atoms with Gasteiger partial charge in [0, 0.05) is 10.5 Å². The van der Waals surface area contributed by atoms with Crippen LogP contribution < -0.4 is 9.46 Å². The Balaban J connectivity index is 1.76. The molecule has 3 rings (SSSR count). The first-order chi connectivity index (χ1) is 14.0. The standard InChI is InChI=1S/C19H17BrF3NO5S/c1-28-18(25)10-29-15-4-2-11-6-14(7-12(11)8-15)24-30(26,27)17-5-3-13(20)9-16(17)19(21,22)23/h2-5,8-9,14,24H,6-7,10H2,1H3. The van der Waals surface area contributed by atoms with Crippen LogP contribution in [0.4, 0.5) is 13.2 Å². The van der Waals surface area contributed by atoms with Gasteiger partial charge in [-0.1, -0.05) is 22.0 Å². The van der Waals surface area contributed by atoms with Crippen LogP contribution in [0.15, 0.2) is 45.8 Å². The highest BCUT2D eigenvalue weighted by atomic mass is 79.9. The molecule has 0 bridgehead atoms. The quantitative estimate of drug-likeness (QED) is 0.605. The highest BCUT2D eigenvalue weighted by molar-refractivity contribution is 9.10. The van der Waals surface area contributed by atoms with Gasteiger partial charge in [-0.25, -0.2) is 17.9 Å². The molecule has 0 fully saturated rings. The molecule has 11 heteroatoms. The van der Waals surface area contributed by atoms with E-state index in [4.69, 9.17) is 4.74 Å². The van der Waals surface area contributed by atoms with Gasteiger partial charge in [0.05, 0.1) is 17.6 Å². The Morgan fingerprint density at radius 3 is 2.53 bits per heavy atom. The molecule has 1 aliphatic carbocycles. The Kier molecular flexibility index (Phi) is 6.44. The summed E-state index contributed by atoms with van der Waals surface area (Å²) in [6, 6.07) is 7.35. The monoisotopic (exact) mass is 507 g/mol. The molecule has 6 nitrogen and oxygen atoms in total. The second-order valence-corrected chi connectivity index (χ2v) is 9.26. The van der Waals surface area contributed by atoms with Crippen molar-refractivity contribution < 1.29 is 35.9 Å². The highest BCUT2D eigenvalue weighted by Crippen LogP contribution is 2.36. The molecule has 2 aromatic rings. The molecule has 0 saturated heterocycles. The number of alkyl halides is 3. The number of nitrogens with one attached hydrogen (secondary N) is 1. The van der Waals surface area contributed by atoms with Crippen molar-refractivity contribution in [2.45, 2.75) is 30.0 Å². The normalized spacial score (nSPS) is 16.2. The molecule has 1 unspecified atom stereocenters. The number of fused-ring (bicyclic) bond motifs is 1. The van der Waals surface area contributed by atoms with Crippen molar-refractivity contribution in [2.75, 3.05) is 13.7 Å². The fourth-order valence-corrected chi connectivity index (χ4v) is 5.01. The van der Waals surface area contributed by atoms with E-state index in [2.05, 4.69) is 25.4 Å². The number of ether oxygens (including phenoxy) is 2. The number of rotatable bonds is 6. The van der Waals surface area contributed by atoms with Crippen LogP contribution in [-0.4, -0.2) is 34.1 Å². The summed E-state index contributed by atoms with van der Waals surface area (Å²) in [7, 11) is -3.17. The number of carbonyl (C=O) groups is 1. The van der Waals surface area contributed by atoms with E-state index in [9.17, 15) is 26.4 Å². The Morgan fingerprint density at radius 2 is 1.87 bits per heavy atom. The van der Waals surface area contributed by atoms with E-state index >= 15 is 0 Å². The van der Waals surface area contributed by atoms with Crippen LogP contribution in [-0.2, 0) is 38.6 Å². The largest absolute Gasteiger partial charge is 0.482 e. The summed E-state index contributed by atoms with van der Waals surface area (Å²) in [6.07, 6.45) is -4.22. The Hall–Kier alpha value is -2.11. The summed E-state index contributed by atoms with van der Waals surface area (Å²) < 4.78 is 77.7. The number of esters is 1. The minimum Gasteiger partial charge on any atom is -0.482 e. The molecule has 0 saturated carbocycles. The zero-order chi connectivity index (χ0) is 22.1. The second kappa shape index (κ2) is 8.56. The maximum Gasteiger partial charge on any atom is 0.417 e. The summed E-state index contributed by atoms with van der Waals surface area (Å²) in [5, 5.41) is 0. The number of benzene rings is 2. The predicted octanol–water partition coefficient (Wildman–Crippen LogP) is 3.47. The van der Waals surface area contributed by atoms with Gasteiger partial charge in [-0.3, -0.25) is 0 Å². The molecule has 1 N–H and O–H groups in total. The fourth-order valence-electron chi connectivity index (χ4n) is 3.21. The van der Waals surface area contributed by atoms with Crippen LogP contribution in [0.2, 0.25) is 0 Å². The van der Waals surface area contributed by atoms with Crippen molar-refractivity contribution in [3.05, 3.63) is 57.6 Å². The van der Waals surface area contributed by atoms with Crippen LogP contribution in [0.3, 0.4) is 0 Å². The fraction of sp³-hybridized carbons (Fsp3) is 0.316. The molecule has 0 heterocycles. The van der Waals surface area contributed by atoms with Gasteiger partial charge in [0.15, 0.2) is 6.61 Å². The first-order valence-electron chi connectivity index (χ1n) is 8.70. The minimum atomic E-state index is -4.82. The Labute approximate surface area is 179 Å². The zero-order valence-electron chi connectivity index (χ0n) is 15.6. The lowest BCUT2D eigenvalue weighted by Crippen LogP contribution is -2.36. The minimum absolute atomic E-state index is 0.126. The number of hydrogen-bond donors (Lipinski definition) is 1. The summed E-state index contributed by atoms with van der Waals surface area (Å²) in [6.45, 7) is -0.269. The topological polar surface area (TPSA) is 81.7 Å². The maximum absolute atomic E-state index is 13.3. The zero-order valence-corrected chi connectivity index (χ0v) is 18.0. The van der Waals surface area contributed by atoms with Crippen LogP contribution in [0.1, 0.15) is 16.7 Å². The number of methoxy groups -OCH3 is 1. The lowest BCUT2D eigenvalue weighted by atomic mass is 10.1. The van der Waals surface area contributed by atoms with Gasteiger partial charge in [0.25, 0.3) is 0 Å². The van der Waals surface area contributed by atoms with E-state index in [-0.39, 0.29) is 17.5 Å². The first kappa shape index (κ1) is 22.6. The first-order valence-corrected chi connectivity index (χ1v) is 11.0. The second-order valence-electron chi connectivity index (χ2n) is 6.66. The Morgan fingerprint density at radius 1 is 1.17 bits per heavy atom. The molecular weight excluding hydrogens is 491 g/mol. The lowest BCUT2D eigenvalue weighted by Gasteiger charge is -2.17. The van der Waals surface area contributed by atoms with Crippen molar-refractivity contribution in [1.29, 1.82) is 0 Å². The number of carbonyl (C=O) groups excluding carboxylic acids is 1. The SMILES string of the molecule is COC(=O)COc1ccc2c(c1)CC(NS(=O)(=O)c1ccc(Br)cc1C(F)(F)F)C2. The number of hydrogen-bond acceptors (Lipinski definition) is 5. The molecule has 1 aliphatic rings. The van der Waals surface area contributed by atoms with Crippen LogP contribution in [0.25, 0.3) is 0 Å².